The van der Waals surface area contributed by atoms with E-state index < -0.39 is 27.2 Å². The van der Waals surface area contributed by atoms with Crippen LogP contribution in [0.2, 0.25) is 0 Å². The Labute approximate surface area is 107 Å². The molecule has 0 unspecified atom stereocenters. The first-order chi connectivity index (χ1) is 8.38. The average molecular weight is 274 g/mol. The van der Waals surface area contributed by atoms with E-state index >= 15 is 0 Å². The molecule has 18 heavy (non-hydrogen) atoms. The summed E-state index contributed by atoms with van der Waals surface area (Å²) >= 11 is 0. The van der Waals surface area contributed by atoms with Crippen molar-refractivity contribution in [2.75, 3.05) is 18.8 Å². The first kappa shape index (κ1) is 14.9. The Morgan fingerprint density at radius 1 is 1.44 bits per heavy atom. The van der Waals surface area contributed by atoms with Crippen LogP contribution in [0.3, 0.4) is 0 Å². The van der Waals surface area contributed by atoms with Crippen molar-refractivity contribution in [1.29, 1.82) is 5.26 Å². The number of nitriles is 1. The van der Waals surface area contributed by atoms with Crippen molar-refractivity contribution in [3.63, 3.8) is 0 Å². The van der Waals surface area contributed by atoms with Crippen LogP contribution in [0.15, 0.2) is 0 Å². The van der Waals surface area contributed by atoms with Gasteiger partial charge in [0.05, 0.1) is 11.5 Å². The van der Waals surface area contributed by atoms with Crippen LogP contribution in [0, 0.1) is 16.7 Å². The fraction of sp³-hybridized carbons (Fsp3) is 0.818. The Hall–Kier alpha value is -1.13. The highest BCUT2D eigenvalue weighted by Crippen LogP contribution is 2.37. The molecule has 0 aromatic carbocycles. The van der Waals surface area contributed by atoms with Crippen LogP contribution in [0.1, 0.15) is 32.6 Å². The molecule has 1 aliphatic heterocycles. The Bertz CT molecular complexity index is 444. The van der Waals surface area contributed by atoms with E-state index in [2.05, 4.69) is 0 Å². The lowest BCUT2D eigenvalue weighted by Crippen LogP contribution is -2.47. The van der Waals surface area contributed by atoms with Crippen LogP contribution in [0.5, 0.6) is 0 Å². The van der Waals surface area contributed by atoms with Gasteiger partial charge in [0.25, 0.3) is 0 Å². The molecule has 0 bridgehead atoms. The first-order valence-electron chi connectivity index (χ1n) is 5.96. The zero-order valence-electron chi connectivity index (χ0n) is 10.4. The monoisotopic (exact) mass is 274 g/mol. The van der Waals surface area contributed by atoms with E-state index in [1.54, 1.807) is 6.07 Å². The smallest absolute Gasteiger partial charge is 0.309 e. The fourth-order valence-corrected chi connectivity index (χ4v) is 3.50. The highest BCUT2D eigenvalue weighted by Gasteiger charge is 2.42. The molecular formula is C11H18N2O4S. The second-order valence-corrected chi connectivity index (χ2v) is 6.62. The van der Waals surface area contributed by atoms with Gasteiger partial charge in [0.2, 0.25) is 10.0 Å². The van der Waals surface area contributed by atoms with Gasteiger partial charge in [-0.1, -0.05) is 13.3 Å². The summed E-state index contributed by atoms with van der Waals surface area (Å²) in [7, 11) is -3.54. The van der Waals surface area contributed by atoms with Crippen molar-refractivity contribution in [2.24, 2.45) is 5.41 Å². The molecule has 1 N–H and O–H groups in total. The summed E-state index contributed by atoms with van der Waals surface area (Å²) in [5.74, 6) is -1.39. The number of carbonyl (C=O) groups is 1. The van der Waals surface area contributed by atoms with E-state index in [4.69, 9.17) is 5.26 Å². The van der Waals surface area contributed by atoms with Crippen LogP contribution < -0.4 is 0 Å². The molecular weight excluding hydrogens is 256 g/mol. The maximum absolute atomic E-state index is 11.7. The maximum Gasteiger partial charge on any atom is 0.309 e. The molecule has 7 heteroatoms. The minimum absolute atomic E-state index is 0.191. The number of hydrogen-bond acceptors (Lipinski definition) is 4. The van der Waals surface area contributed by atoms with Gasteiger partial charge in [0.1, 0.15) is 0 Å². The highest BCUT2D eigenvalue weighted by molar-refractivity contribution is 7.89. The fourth-order valence-electron chi connectivity index (χ4n) is 2.41. The molecule has 0 saturated carbocycles. The van der Waals surface area contributed by atoms with E-state index in [0.717, 1.165) is 6.42 Å². The normalized spacial score (nSPS) is 20.2. The summed E-state index contributed by atoms with van der Waals surface area (Å²) in [6.45, 7) is 2.30. The number of carboxylic acid groups (broad SMARTS) is 1. The Balaban J connectivity index is 2.76. The van der Waals surface area contributed by atoms with E-state index in [-0.39, 0.29) is 13.1 Å². The number of aliphatic carboxylic acids is 1. The minimum Gasteiger partial charge on any atom is -0.481 e. The third-order valence-corrected chi connectivity index (χ3v) is 5.15. The van der Waals surface area contributed by atoms with Gasteiger partial charge < -0.3 is 5.11 Å². The zero-order valence-corrected chi connectivity index (χ0v) is 11.2. The molecule has 1 saturated heterocycles. The van der Waals surface area contributed by atoms with Crippen molar-refractivity contribution in [1.82, 2.24) is 4.31 Å². The standard InChI is InChI=1S/C11H18N2O4S/c1-2-3-11(10(14)15)4-7-13(8-5-11)18(16,17)9-6-12/h2-5,7-9H2,1H3,(H,14,15). The van der Waals surface area contributed by atoms with E-state index in [0.29, 0.717) is 19.3 Å². The van der Waals surface area contributed by atoms with E-state index in [1.165, 1.54) is 4.31 Å². The molecule has 1 rings (SSSR count). The van der Waals surface area contributed by atoms with Gasteiger partial charge in [-0.25, -0.2) is 12.7 Å². The SMILES string of the molecule is CCCC1(C(=O)O)CCN(S(=O)(=O)CC#N)CC1. The van der Waals surface area contributed by atoms with Gasteiger partial charge in [-0.05, 0) is 19.3 Å². The number of carboxylic acids is 1. The quantitative estimate of drug-likeness (QED) is 0.799. The largest absolute Gasteiger partial charge is 0.481 e. The summed E-state index contributed by atoms with van der Waals surface area (Å²) in [5.41, 5.74) is -0.798. The van der Waals surface area contributed by atoms with Crippen molar-refractivity contribution in [2.45, 2.75) is 32.6 Å². The van der Waals surface area contributed by atoms with Gasteiger partial charge >= 0.3 is 5.97 Å². The van der Waals surface area contributed by atoms with Crippen LogP contribution >= 0.6 is 0 Å². The van der Waals surface area contributed by atoms with Crippen LogP contribution in [-0.4, -0.2) is 42.6 Å². The van der Waals surface area contributed by atoms with E-state index in [9.17, 15) is 18.3 Å². The molecule has 0 aromatic heterocycles. The number of hydrogen-bond donors (Lipinski definition) is 1. The van der Waals surface area contributed by atoms with Crippen LogP contribution in [0.25, 0.3) is 0 Å². The Morgan fingerprint density at radius 3 is 2.39 bits per heavy atom. The molecule has 0 radical (unpaired) electrons. The Morgan fingerprint density at radius 2 is 2.00 bits per heavy atom. The predicted molar refractivity (Wildman–Crippen MR) is 65.2 cm³/mol. The summed E-state index contributed by atoms with van der Waals surface area (Å²) in [4.78, 5) is 11.3. The minimum atomic E-state index is -3.54. The molecule has 0 aliphatic carbocycles. The second-order valence-electron chi connectivity index (χ2n) is 4.65. The highest BCUT2D eigenvalue weighted by atomic mass is 32.2. The lowest BCUT2D eigenvalue weighted by Gasteiger charge is -2.37. The van der Waals surface area contributed by atoms with E-state index in [1.807, 2.05) is 6.92 Å². The number of rotatable bonds is 5. The van der Waals surface area contributed by atoms with Crippen molar-refractivity contribution in [3.05, 3.63) is 0 Å². The van der Waals surface area contributed by atoms with Gasteiger partial charge in [0, 0.05) is 13.1 Å². The van der Waals surface area contributed by atoms with Gasteiger partial charge in [-0.2, -0.15) is 5.26 Å². The molecule has 102 valence electrons. The third kappa shape index (κ3) is 3.00. The molecule has 0 amide bonds. The number of sulfonamides is 1. The van der Waals surface area contributed by atoms with Crippen LogP contribution in [-0.2, 0) is 14.8 Å². The van der Waals surface area contributed by atoms with Crippen LogP contribution in [0.4, 0.5) is 0 Å². The average Bonchev–Trinajstić information content (AvgIpc) is 2.29. The lowest BCUT2D eigenvalue weighted by molar-refractivity contribution is -0.152. The molecule has 0 aromatic rings. The molecule has 0 atom stereocenters. The van der Waals surface area contributed by atoms with Crippen molar-refractivity contribution < 1.29 is 18.3 Å². The lowest BCUT2D eigenvalue weighted by atomic mass is 9.75. The maximum atomic E-state index is 11.7. The van der Waals surface area contributed by atoms with Crippen molar-refractivity contribution >= 4 is 16.0 Å². The number of nitrogens with zero attached hydrogens (tertiary/aromatic N) is 2. The van der Waals surface area contributed by atoms with Gasteiger partial charge in [-0.15, -0.1) is 0 Å². The molecule has 6 nitrogen and oxygen atoms in total. The molecule has 1 fully saturated rings. The third-order valence-electron chi connectivity index (χ3n) is 3.50. The summed E-state index contributed by atoms with van der Waals surface area (Å²) < 4.78 is 24.6. The van der Waals surface area contributed by atoms with Gasteiger partial charge in [-0.3, -0.25) is 4.79 Å². The van der Waals surface area contributed by atoms with Crippen molar-refractivity contribution in [3.8, 4) is 6.07 Å². The zero-order chi connectivity index (χ0) is 13.8. The topological polar surface area (TPSA) is 98.5 Å². The summed E-state index contributed by atoms with van der Waals surface area (Å²) in [5, 5.41) is 17.7. The first-order valence-corrected chi connectivity index (χ1v) is 7.57. The summed E-state index contributed by atoms with van der Waals surface area (Å²) in [6, 6.07) is 1.63. The molecule has 1 heterocycles. The molecule has 1 aliphatic rings. The predicted octanol–water partition coefficient (Wildman–Crippen LogP) is 0.807. The number of piperidine rings is 1. The van der Waals surface area contributed by atoms with Gasteiger partial charge in [0.15, 0.2) is 5.75 Å². The summed E-state index contributed by atoms with van der Waals surface area (Å²) in [6.07, 6.45) is 1.97. The Kier molecular flexibility index (Phi) is 4.71. The second kappa shape index (κ2) is 5.67. The molecule has 0 spiro atoms.